The first-order valence-corrected chi connectivity index (χ1v) is 6.60. The number of amides is 1. The average molecular weight is 263 g/mol. The Morgan fingerprint density at radius 3 is 2.44 bits per heavy atom. The van der Waals surface area contributed by atoms with E-state index < -0.39 is 0 Å². The number of hydrogen-bond acceptors (Lipinski definition) is 3. The highest BCUT2D eigenvalue weighted by molar-refractivity contribution is 7.14. The topological polar surface area (TPSA) is 46.9 Å². The number of aryl methyl sites for hydroxylation is 4. The largest absolute Gasteiger partial charge is 0.318 e. The van der Waals surface area contributed by atoms with E-state index in [-0.39, 0.29) is 5.91 Å². The van der Waals surface area contributed by atoms with Crippen molar-refractivity contribution in [2.75, 3.05) is 5.32 Å². The highest BCUT2D eigenvalue weighted by atomic mass is 32.1. The Hall–Kier alpha value is -1.62. The van der Waals surface area contributed by atoms with Crippen LogP contribution in [0.2, 0.25) is 0 Å². The molecule has 1 N–H and O–H groups in total. The normalized spacial score (nSPS) is 10.7. The third-order valence-electron chi connectivity index (χ3n) is 3.14. The molecule has 0 atom stereocenters. The second-order valence-corrected chi connectivity index (χ2v) is 5.73. The Kier molecular flexibility index (Phi) is 3.26. The number of nitrogens with zero attached hydrogens (tertiary/aromatic N) is 2. The van der Waals surface area contributed by atoms with Gasteiger partial charge in [-0.05, 0) is 39.3 Å². The number of nitrogens with one attached hydrogen (secondary N) is 1. The molecule has 5 heteroatoms. The Labute approximate surface area is 111 Å². The zero-order chi connectivity index (χ0) is 13.4. The minimum atomic E-state index is -0.0598. The summed E-state index contributed by atoms with van der Waals surface area (Å²) in [5, 5.41) is 7.23. The van der Waals surface area contributed by atoms with Crippen molar-refractivity contribution >= 4 is 22.9 Å². The van der Waals surface area contributed by atoms with Crippen LogP contribution in [0.3, 0.4) is 0 Å². The van der Waals surface area contributed by atoms with Gasteiger partial charge in [-0.3, -0.25) is 9.48 Å². The van der Waals surface area contributed by atoms with Gasteiger partial charge < -0.3 is 5.32 Å². The van der Waals surface area contributed by atoms with E-state index in [1.165, 1.54) is 16.2 Å². The summed E-state index contributed by atoms with van der Waals surface area (Å²) in [4.78, 5) is 14.1. The van der Waals surface area contributed by atoms with Gasteiger partial charge in [-0.2, -0.15) is 5.10 Å². The fraction of sp³-hybridized carbons (Fsp3) is 0.385. The van der Waals surface area contributed by atoms with Crippen LogP contribution < -0.4 is 5.32 Å². The molecule has 2 aromatic heterocycles. The molecule has 0 aromatic carbocycles. The van der Waals surface area contributed by atoms with E-state index in [1.54, 1.807) is 4.68 Å². The van der Waals surface area contributed by atoms with Crippen molar-refractivity contribution in [2.24, 2.45) is 7.05 Å². The quantitative estimate of drug-likeness (QED) is 0.905. The van der Waals surface area contributed by atoms with Gasteiger partial charge in [0, 0.05) is 11.9 Å². The van der Waals surface area contributed by atoms with Crippen LogP contribution in [0.25, 0.3) is 0 Å². The molecule has 96 valence electrons. The van der Waals surface area contributed by atoms with Crippen molar-refractivity contribution in [2.45, 2.75) is 27.7 Å². The summed E-state index contributed by atoms with van der Waals surface area (Å²) in [5.41, 5.74) is 3.77. The fourth-order valence-corrected chi connectivity index (χ4v) is 2.74. The lowest BCUT2D eigenvalue weighted by Gasteiger charge is -2.03. The number of anilines is 1. The number of rotatable bonds is 2. The van der Waals surface area contributed by atoms with Crippen molar-refractivity contribution in [1.82, 2.24) is 9.78 Å². The minimum Gasteiger partial charge on any atom is -0.318 e. The molecule has 18 heavy (non-hydrogen) atoms. The van der Waals surface area contributed by atoms with Crippen LogP contribution in [-0.4, -0.2) is 15.7 Å². The standard InChI is InChI=1S/C13H17N3OS/c1-7-6-11(18-10(7)4)13(17)14-12-8(2)15-16(5)9(12)3/h6H,1-5H3,(H,14,17). The summed E-state index contributed by atoms with van der Waals surface area (Å²) < 4.78 is 1.77. The van der Waals surface area contributed by atoms with Crippen LogP contribution in [0.1, 0.15) is 31.5 Å². The number of carbonyl (C=O) groups excluding carboxylic acids is 1. The summed E-state index contributed by atoms with van der Waals surface area (Å²) in [6, 6.07) is 1.93. The molecule has 0 spiro atoms. The van der Waals surface area contributed by atoms with Crippen molar-refractivity contribution in [3.05, 3.63) is 32.8 Å². The zero-order valence-electron chi connectivity index (χ0n) is 11.3. The lowest BCUT2D eigenvalue weighted by atomic mass is 10.2. The van der Waals surface area contributed by atoms with Crippen molar-refractivity contribution < 1.29 is 4.79 Å². The first kappa shape index (κ1) is 12.8. The molecule has 2 aromatic rings. The smallest absolute Gasteiger partial charge is 0.265 e. The van der Waals surface area contributed by atoms with Gasteiger partial charge in [0.1, 0.15) is 0 Å². The molecule has 0 fully saturated rings. The predicted molar refractivity (Wildman–Crippen MR) is 74.4 cm³/mol. The first-order valence-electron chi connectivity index (χ1n) is 5.78. The molecule has 0 aliphatic heterocycles. The maximum Gasteiger partial charge on any atom is 0.265 e. The maximum atomic E-state index is 12.2. The van der Waals surface area contributed by atoms with Crippen LogP contribution >= 0.6 is 11.3 Å². The molecule has 0 aliphatic rings. The van der Waals surface area contributed by atoms with Crippen LogP contribution in [-0.2, 0) is 7.05 Å². The second kappa shape index (κ2) is 4.57. The van der Waals surface area contributed by atoms with E-state index >= 15 is 0 Å². The van der Waals surface area contributed by atoms with E-state index in [4.69, 9.17) is 0 Å². The summed E-state index contributed by atoms with van der Waals surface area (Å²) >= 11 is 1.52. The monoisotopic (exact) mass is 263 g/mol. The molecular formula is C13H17N3OS. The van der Waals surface area contributed by atoms with Gasteiger partial charge in [0.25, 0.3) is 5.91 Å². The zero-order valence-corrected chi connectivity index (χ0v) is 12.1. The Morgan fingerprint density at radius 1 is 1.33 bits per heavy atom. The van der Waals surface area contributed by atoms with Gasteiger partial charge in [-0.25, -0.2) is 0 Å². The highest BCUT2D eigenvalue weighted by Gasteiger charge is 2.15. The van der Waals surface area contributed by atoms with E-state index in [9.17, 15) is 4.79 Å². The summed E-state index contributed by atoms with van der Waals surface area (Å²) in [6.07, 6.45) is 0. The summed E-state index contributed by atoms with van der Waals surface area (Å²) in [6.45, 7) is 7.88. The second-order valence-electron chi connectivity index (χ2n) is 4.47. The molecule has 0 unspecified atom stereocenters. The number of carbonyl (C=O) groups is 1. The molecule has 0 bridgehead atoms. The van der Waals surface area contributed by atoms with Gasteiger partial charge in [-0.1, -0.05) is 0 Å². The molecule has 4 nitrogen and oxygen atoms in total. The summed E-state index contributed by atoms with van der Waals surface area (Å²) in [5.74, 6) is -0.0598. The third-order valence-corrected chi connectivity index (χ3v) is 4.29. The molecule has 2 rings (SSSR count). The van der Waals surface area contributed by atoms with Gasteiger partial charge in [0.05, 0.1) is 22.0 Å². The van der Waals surface area contributed by atoms with Crippen LogP contribution in [0.4, 0.5) is 5.69 Å². The fourth-order valence-electron chi connectivity index (χ4n) is 1.81. The van der Waals surface area contributed by atoms with Gasteiger partial charge in [-0.15, -0.1) is 11.3 Å². The lowest BCUT2D eigenvalue weighted by molar-refractivity contribution is 0.103. The van der Waals surface area contributed by atoms with E-state index in [2.05, 4.69) is 10.4 Å². The van der Waals surface area contributed by atoms with Crippen molar-refractivity contribution in [3.63, 3.8) is 0 Å². The molecule has 2 heterocycles. The van der Waals surface area contributed by atoms with Gasteiger partial charge >= 0.3 is 0 Å². The van der Waals surface area contributed by atoms with Gasteiger partial charge in [0.2, 0.25) is 0 Å². The molecule has 0 saturated heterocycles. The molecule has 0 aliphatic carbocycles. The van der Waals surface area contributed by atoms with Crippen LogP contribution in [0.5, 0.6) is 0 Å². The minimum absolute atomic E-state index is 0.0598. The summed E-state index contributed by atoms with van der Waals surface area (Å²) in [7, 11) is 1.87. The SMILES string of the molecule is Cc1cc(C(=O)Nc2c(C)nn(C)c2C)sc1C. The average Bonchev–Trinajstić information content (AvgIpc) is 2.75. The van der Waals surface area contributed by atoms with E-state index in [0.29, 0.717) is 0 Å². The molecule has 0 saturated carbocycles. The van der Waals surface area contributed by atoms with Crippen LogP contribution in [0.15, 0.2) is 6.07 Å². The maximum absolute atomic E-state index is 12.2. The Balaban J connectivity index is 2.26. The molecular weight excluding hydrogens is 246 g/mol. The lowest BCUT2D eigenvalue weighted by Crippen LogP contribution is -2.11. The highest BCUT2D eigenvalue weighted by Crippen LogP contribution is 2.24. The van der Waals surface area contributed by atoms with E-state index in [0.717, 1.165) is 27.5 Å². The predicted octanol–water partition coefficient (Wildman–Crippen LogP) is 2.97. The number of hydrogen-bond donors (Lipinski definition) is 1. The first-order chi connectivity index (χ1) is 8.40. The molecule has 1 amide bonds. The Bertz CT molecular complexity index is 591. The third kappa shape index (κ3) is 2.18. The van der Waals surface area contributed by atoms with Crippen molar-refractivity contribution in [3.8, 4) is 0 Å². The van der Waals surface area contributed by atoms with E-state index in [1.807, 2.05) is 40.8 Å². The number of aromatic nitrogens is 2. The van der Waals surface area contributed by atoms with Crippen LogP contribution in [0, 0.1) is 27.7 Å². The van der Waals surface area contributed by atoms with Crippen molar-refractivity contribution in [1.29, 1.82) is 0 Å². The van der Waals surface area contributed by atoms with Gasteiger partial charge in [0.15, 0.2) is 0 Å². The number of thiophene rings is 1. The Morgan fingerprint density at radius 2 is 2.00 bits per heavy atom. The molecule has 0 radical (unpaired) electrons.